The van der Waals surface area contributed by atoms with Gasteiger partial charge in [-0.3, -0.25) is 4.90 Å². The van der Waals surface area contributed by atoms with Crippen LogP contribution in [-0.2, 0) is 19.0 Å². The highest BCUT2D eigenvalue weighted by Gasteiger charge is 2.35. The van der Waals surface area contributed by atoms with E-state index in [1.807, 2.05) is 32.3 Å². The van der Waals surface area contributed by atoms with Gasteiger partial charge >= 0.3 is 12.4 Å². The predicted octanol–water partition coefficient (Wildman–Crippen LogP) is 7.57. The van der Waals surface area contributed by atoms with Gasteiger partial charge in [-0.2, -0.15) is 26.3 Å². The van der Waals surface area contributed by atoms with E-state index in [0.717, 1.165) is 55.6 Å². The zero-order valence-corrected chi connectivity index (χ0v) is 24.6. The Bertz CT molecular complexity index is 1420. The van der Waals surface area contributed by atoms with Gasteiger partial charge in [0, 0.05) is 42.0 Å². The number of rotatable bonds is 11. The van der Waals surface area contributed by atoms with Crippen LogP contribution in [0.5, 0.6) is 0 Å². The molecule has 11 heteroatoms. The fourth-order valence-corrected chi connectivity index (χ4v) is 5.19. The zero-order chi connectivity index (χ0) is 31.9. The van der Waals surface area contributed by atoms with Gasteiger partial charge in [0.15, 0.2) is 0 Å². The van der Waals surface area contributed by atoms with E-state index in [0.29, 0.717) is 23.4 Å². The number of hydrogen-bond acceptors (Lipinski definition) is 5. The fourth-order valence-electron chi connectivity index (χ4n) is 5.19. The van der Waals surface area contributed by atoms with Crippen molar-refractivity contribution in [1.82, 2.24) is 9.80 Å². The maximum atomic E-state index is 13.7. The lowest BCUT2D eigenvalue weighted by atomic mass is 9.97. The van der Waals surface area contributed by atoms with Gasteiger partial charge < -0.3 is 21.3 Å². The lowest BCUT2D eigenvalue weighted by Crippen LogP contribution is -2.48. The summed E-state index contributed by atoms with van der Waals surface area (Å²) in [5.41, 5.74) is 7.40. The van der Waals surface area contributed by atoms with E-state index in [9.17, 15) is 26.3 Å². The smallest absolute Gasteiger partial charge is 0.405 e. The van der Waals surface area contributed by atoms with Gasteiger partial charge in [0.2, 0.25) is 0 Å². The molecule has 4 N–H and O–H groups in total. The molecule has 0 saturated carbocycles. The normalized spacial score (nSPS) is 18.0. The molecular formula is C33H37F6N5. The van der Waals surface area contributed by atoms with Crippen LogP contribution in [0, 0.1) is 0 Å². The molecule has 0 amide bonds. The number of nitrogens with two attached hydrogens (primary N) is 1. The minimum Gasteiger partial charge on any atom is -0.405 e. The van der Waals surface area contributed by atoms with Crippen molar-refractivity contribution >= 4 is 11.4 Å². The molecule has 0 fully saturated rings. The zero-order valence-electron chi connectivity index (χ0n) is 24.6. The molecule has 236 valence electrons. The van der Waals surface area contributed by atoms with E-state index in [-0.39, 0.29) is 12.6 Å². The largest absolute Gasteiger partial charge is 0.416 e. The van der Waals surface area contributed by atoms with Crippen molar-refractivity contribution in [2.75, 3.05) is 37.8 Å². The van der Waals surface area contributed by atoms with Crippen LogP contribution >= 0.6 is 0 Å². The third-order valence-electron chi connectivity index (χ3n) is 7.73. The Labute approximate surface area is 254 Å². The van der Waals surface area contributed by atoms with Crippen molar-refractivity contribution in [3.05, 3.63) is 119 Å². The van der Waals surface area contributed by atoms with Gasteiger partial charge in [-0.15, -0.1) is 0 Å². The summed E-state index contributed by atoms with van der Waals surface area (Å²) in [6, 6.07) is 20.1. The van der Waals surface area contributed by atoms with Gasteiger partial charge in [-0.05, 0) is 80.7 Å². The van der Waals surface area contributed by atoms with E-state index in [2.05, 4.69) is 32.6 Å². The number of halogens is 6. The molecule has 1 aliphatic heterocycles. The number of likely N-dealkylation sites (N-methyl/N-ethyl adjacent to an activating group) is 1. The first-order valence-corrected chi connectivity index (χ1v) is 14.3. The Kier molecular flexibility index (Phi) is 10.6. The molecular weight excluding hydrogens is 580 g/mol. The third kappa shape index (κ3) is 8.79. The first-order chi connectivity index (χ1) is 20.8. The van der Waals surface area contributed by atoms with E-state index in [4.69, 9.17) is 5.73 Å². The van der Waals surface area contributed by atoms with E-state index in [1.165, 1.54) is 17.7 Å². The molecule has 5 nitrogen and oxygen atoms in total. The van der Waals surface area contributed by atoms with Crippen molar-refractivity contribution < 1.29 is 26.3 Å². The third-order valence-corrected chi connectivity index (χ3v) is 7.73. The predicted molar refractivity (Wildman–Crippen MR) is 163 cm³/mol. The topological polar surface area (TPSA) is 56.6 Å². The van der Waals surface area contributed by atoms with Crippen LogP contribution in [0.25, 0.3) is 0 Å². The summed E-state index contributed by atoms with van der Waals surface area (Å²) in [7, 11) is 3.94. The molecule has 2 unspecified atom stereocenters. The summed E-state index contributed by atoms with van der Waals surface area (Å²) in [6.07, 6.45) is -5.23. The summed E-state index contributed by atoms with van der Waals surface area (Å²) < 4.78 is 80.5. The van der Waals surface area contributed by atoms with Crippen molar-refractivity contribution in [2.45, 2.75) is 43.9 Å². The summed E-state index contributed by atoms with van der Waals surface area (Å²) >= 11 is 0. The molecule has 0 saturated heterocycles. The molecule has 0 spiro atoms. The molecule has 3 aromatic rings. The second-order valence-electron chi connectivity index (χ2n) is 10.9. The monoisotopic (exact) mass is 617 g/mol. The Morgan fingerprint density at radius 1 is 0.955 bits per heavy atom. The second kappa shape index (κ2) is 14.2. The number of nitrogens with zero attached hydrogens (tertiary/aromatic N) is 2. The van der Waals surface area contributed by atoms with Gasteiger partial charge in [-0.1, -0.05) is 48.5 Å². The van der Waals surface area contributed by atoms with Crippen LogP contribution in [0.15, 0.2) is 96.7 Å². The molecule has 3 aromatic carbocycles. The summed E-state index contributed by atoms with van der Waals surface area (Å²) in [6.45, 7) is 1.58. The van der Waals surface area contributed by atoms with E-state index < -0.39 is 29.7 Å². The number of allylic oxidation sites excluding steroid dienone is 3. The fraction of sp³-hybridized carbons (Fsp3) is 0.333. The standard InChI is InChI=1S/C33H37F6N5/c1-43(19-16-23-7-4-3-5-8-23)20-17-30-42-29-22-24(21-26(9-6-18-40)33(37,38)39)10-15-28(29)31(44(30)2)41-27-13-11-25(12-14-27)32(34,35)36/h3-15,18,22,30-31,41-42H,16-17,19-21,40H2,1-2H3/b18-6-,26-9+. The molecule has 0 bridgehead atoms. The molecule has 0 aromatic heterocycles. The minimum atomic E-state index is -4.53. The molecule has 2 atom stereocenters. The molecule has 1 heterocycles. The highest BCUT2D eigenvalue weighted by atomic mass is 19.4. The SMILES string of the molecule is CN(CCc1ccccc1)CCC1Nc2cc(C/C(=C\C=C/N)C(F)(F)F)ccc2C(Nc2ccc(C(F)(F)F)cc2)N1C. The Morgan fingerprint density at radius 3 is 2.30 bits per heavy atom. The van der Waals surface area contributed by atoms with Gasteiger partial charge in [0.25, 0.3) is 0 Å². The average Bonchev–Trinajstić information content (AvgIpc) is 2.98. The highest BCUT2D eigenvalue weighted by Crippen LogP contribution is 2.38. The Balaban J connectivity index is 1.57. The first-order valence-electron chi connectivity index (χ1n) is 14.3. The number of anilines is 2. The van der Waals surface area contributed by atoms with E-state index in [1.54, 1.807) is 18.2 Å². The molecule has 0 aliphatic carbocycles. The maximum Gasteiger partial charge on any atom is 0.416 e. The van der Waals surface area contributed by atoms with Gasteiger partial charge in [0.1, 0.15) is 6.17 Å². The van der Waals surface area contributed by atoms with Crippen LogP contribution < -0.4 is 16.4 Å². The first kappa shape index (κ1) is 32.9. The lowest BCUT2D eigenvalue weighted by molar-refractivity contribution is -0.137. The summed E-state index contributed by atoms with van der Waals surface area (Å²) in [5.74, 6) is 0. The average molecular weight is 618 g/mol. The number of nitrogens with one attached hydrogen (secondary N) is 2. The number of hydrogen-bond donors (Lipinski definition) is 3. The van der Waals surface area contributed by atoms with Crippen molar-refractivity contribution in [3.8, 4) is 0 Å². The van der Waals surface area contributed by atoms with Gasteiger partial charge in [-0.25, -0.2) is 0 Å². The van der Waals surface area contributed by atoms with Crippen LogP contribution in [-0.4, -0.2) is 49.3 Å². The Morgan fingerprint density at radius 2 is 1.66 bits per heavy atom. The maximum absolute atomic E-state index is 13.7. The van der Waals surface area contributed by atoms with Crippen LogP contribution in [0.2, 0.25) is 0 Å². The van der Waals surface area contributed by atoms with Crippen LogP contribution in [0.3, 0.4) is 0 Å². The summed E-state index contributed by atoms with van der Waals surface area (Å²) in [5, 5.41) is 6.82. The molecule has 4 rings (SSSR count). The lowest BCUT2D eigenvalue weighted by Gasteiger charge is -2.43. The van der Waals surface area contributed by atoms with Crippen LogP contribution in [0.1, 0.15) is 34.8 Å². The summed E-state index contributed by atoms with van der Waals surface area (Å²) in [4.78, 5) is 4.27. The van der Waals surface area contributed by atoms with Crippen LogP contribution in [0.4, 0.5) is 37.7 Å². The second-order valence-corrected chi connectivity index (χ2v) is 10.9. The minimum absolute atomic E-state index is 0.207. The highest BCUT2D eigenvalue weighted by molar-refractivity contribution is 5.60. The number of benzene rings is 3. The number of alkyl halides is 6. The van der Waals surface area contributed by atoms with Crippen molar-refractivity contribution in [2.24, 2.45) is 5.73 Å². The quantitative estimate of drug-likeness (QED) is 0.153. The molecule has 44 heavy (non-hydrogen) atoms. The van der Waals surface area contributed by atoms with Crippen molar-refractivity contribution in [3.63, 3.8) is 0 Å². The molecule has 0 radical (unpaired) electrons. The van der Waals surface area contributed by atoms with E-state index >= 15 is 0 Å². The molecule has 1 aliphatic rings. The van der Waals surface area contributed by atoms with Gasteiger partial charge in [0.05, 0.1) is 11.7 Å². The van der Waals surface area contributed by atoms with Crippen molar-refractivity contribution in [1.29, 1.82) is 0 Å². The Hall–Kier alpha value is -3.96. The number of fused-ring (bicyclic) bond motifs is 1.